The summed E-state index contributed by atoms with van der Waals surface area (Å²) in [6, 6.07) is 35.5. The van der Waals surface area contributed by atoms with Gasteiger partial charge in [0.2, 0.25) is 0 Å². The molecule has 7 aromatic rings. The van der Waals surface area contributed by atoms with Gasteiger partial charge >= 0.3 is 20.4 Å². The summed E-state index contributed by atoms with van der Waals surface area (Å²) in [6.07, 6.45) is 1.90. The first-order valence-electron chi connectivity index (χ1n) is 19.8. The SMILES string of the molecule is Cc1cc(Oc2[c-]c3c(cc2)c2ccccc2n3-c2cc(C(C)C)ccn2)[c-]c(-n2nc(C(C)C)c(-c3cc(C(C)(C)C)cc(C(C)(C)C)c3)c2C(C)C)c1.[Pd+2]. The van der Waals surface area contributed by atoms with Gasteiger partial charge in [0.15, 0.2) is 0 Å². The summed E-state index contributed by atoms with van der Waals surface area (Å²) in [5.41, 5.74) is 12.6. The minimum absolute atomic E-state index is 0. The third-order valence-corrected chi connectivity index (χ3v) is 10.6. The van der Waals surface area contributed by atoms with Crippen molar-refractivity contribution in [2.45, 2.75) is 119 Å². The van der Waals surface area contributed by atoms with E-state index in [-0.39, 0.29) is 43.1 Å². The fourth-order valence-electron chi connectivity index (χ4n) is 7.54. The van der Waals surface area contributed by atoms with Gasteiger partial charge in [-0.1, -0.05) is 132 Å². The number of ether oxygens (including phenoxy) is 1. The van der Waals surface area contributed by atoms with Gasteiger partial charge in [-0.25, -0.2) is 4.98 Å². The number of hydrogen-bond acceptors (Lipinski definition) is 3. The topological polar surface area (TPSA) is 44.9 Å². The molecule has 3 heterocycles. The molecular formula is C50H56N4OPd. The van der Waals surface area contributed by atoms with Crippen LogP contribution in [0.2, 0.25) is 0 Å². The van der Waals surface area contributed by atoms with Gasteiger partial charge in [0.25, 0.3) is 0 Å². The molecule has 0 saturated carbocycles. The van der Waals surface area contributed by atoms with Gasteiger partial charge in [-0.15, -0.1) is 35.7 Å². The molecule has 0 fully saturated rings. The predicted molar refractivity (Wildman–Crippen MR) is 230 cm³/mol. The van der Waals surface area contributed by atoms with E-state index in [1.807, 2.05) is 18.3 Å². The van der Waals surface area contributed by atoms with Crippen molar-refractivity contribution in [3.8, 4) is 34.1 Å². The predicted octanol–water partition coefficient (Wildman–Crippen LogP) is 13.7. The van der Waals surface area contributed by atoms with E-state index < -0.39 is 0 Å². The van der Waals surface area contributed by atoms with Gasteiger partial charge in [-0.3, -0.25) is 4.68 Å². The molecule has 0 spiro atoms. The Morgan fingerprint density at radius 1 is 0.679 bits per heavy atom. The first-order chi connectivity index (χ1) is 25.9. The van der Waals surface area contributed by atoms with Crippen molar-refractivity contribution in [3.05, 3.63) is 131 Å². The van der Waals surface area contributed by atoms with E-state index in [9.17, 15) is 0 Å². The summed E-state index contributed by atoms with van der Waals surface area (Å²) >= 11 is 0. The molecule has 3 aromatic heterocycles. The van der Waals surface area contributed by atoms with Crippen molar-refractivity contribution in [1.29, 1.82) is 0 Å². The van der Waals surface area contributed by atoms with Crippen LogP contribution in [0.5, 0.6) is 11.5 Å². The summed E-state index contributed by atoms with van der Waals surface area (Å²) in [4.78, 5) is 4.82. The minimum Gasteiger partial charge on any atom is -0.509 e. The molecule has 5 nitrogen and oxygen atoms in total. The van der Waals surface area contributed by atoms with Crippen LogP contribution < -0.4 is 4.74 Å². The Labute approximate surface area is 348 Å². The van der Waals surface area contributed by atoms with Crippen LogP contribution in [0, 0.1) is 19.1 Å². The van der Waals surface area contributed by atoms with Gasteiger partial charge < -0.3 is 9.30 Å². The largest absolute Gasteiger partial charge is 2.00 e. The van der Waals surface area contributed by atoms with Crippen LogP contribution in [0.15, 0.2) is 85.1 Å². The maximum Gasteiger partial charge on any atom is 2.00 e. The Bertz CT molecular complexity index is 2510. The van der Waals surface area contributed by atoms with Crippen molar-refractivity contribution in [3.63, 3.8) is 0 Å². The third-order valence-electron chi connectivity index (χ3n) is 10.6. The van der Waals surface area contributed by atoms with E-state index in [4.69, 9.17) is 14.8 Å². The summed E-state index contributed by atoms with van der Waals surface area (Å²) in [6.45, 7) is 29.3. The Morgan fingerprint density at radius 3 is 1.98 bits per heavy atom. The van der Waals surface area contributed by atoms with E-state index in [0.717, 1.165) is 44.6 Å². The quantitative estimate of drug-likeness (QED) is 0.113. The molecule has 6 heteroatoms. The van der Waals surface area contributed by atoms with Crippen LogP contribution in [-0.4, -0.2) is 19.3 Å². The number of para-hydroxylation sites is 1. The number of fused-ring (bicyclic) bond motifs is 3. The van der Waals surface area contributed by atoms with Crippen LogP contribution in [-0.2, 0) is 31.3 Å². The third kappa shape index (κ3) is 7.89. The van der Waals surface area contributed by atoms with E-state index in [2.05, 4.69) is 178 Å². The normalized spacial score (nSPS) is 12.4. The van der Waals surface area contributed by atoms with E-state index in [1.165, 1.54) is 33.5 Å². The second kappa shape index (κ2) is 15.4. The molecule has 56 heavy (non-hydrogen) atoms. The number of aromatic nitrogens is 4. The molecule has 292 valence electrons. The number of pyridine rings is 1. The standard InChI is InChI=1S/C50H56N4O.Pd/c1-30(2)34-20-21-51-45(26-34)53-43-17-15-14-16-41(43)42-19-18-39(29-44(42)53)55-40-23-33(7)22-38(28-40)54-48(32(5)6)46(47(52-54)31(3)4)35-24-36(49(8,9)10)27-37(25-35)50(11,12)13;/h14-27,30-32H,1-13H3;/q-2;+2. The zero-order chi connectivity index (χ0) is 39.6. The second-order valence-corrected chi connectivity index (χ2v) is 18.2. The summed E-state index contributed by atoms with van der Waals surface area (Å²) in [5.74, 6) is 2.91. The molecule has 0 bridgehead atoms. The molecule has 0 aliphatic heterocycles. The van der Waals surface area contributed by atoms with Crippen molar-refractivity contribution >= 4 is 21.8 Å². The second-order valence-electron chi connectivity index (χ2n) is 18.2. The minimum atomic E-state index is 0. The average molecular weight is 835 g/mol. The van der Waals surface area contributed by atoms with Crippen LogP contribution in [0.4, 0.5) is 0 Å². The Balaban J connectivity index is 0.00000532. The molecular weight excluding hydrogens is 779 g/mol. The fraction of sp³-hybridized carbons (Fsp3) is 0.360. The van der Waals surface area contributed by atoms with Crippen molar-refractivity contribution in [1.82, 2.24) is 19.3 Å². The van der Waals surface area contributed by atoms with Crippen molar-refractivity contribution < 1.29 is 25.2 Å². The molecule has 0 amide bonds. The van der Waals surface area contributed by atoms with Crippen molar-refractivity contribution in [2.24, 2.45) is 0 Å². The molecule has 0 aliphatic carbocycles. The number of benzene rings is 4. The maximum absolute atomic E-state index is 6.67. The number of hydrogen-bond donors (Lipinski definition) is 0. The van der Waals surface area contributed by atoms with Crippen LogP contribution in [0.1, 0.15) is 134 Å². The Morgan fingerprint density at radius 2 is 1.36 bits per heavy atom. The first-order valence-corrected chi connectivity index (χ1v) is 19.8. The molecule has 0 aliphatic rings. The van der Waals surface area contributed by atoms with Gasteiger partial charge in [0.05, 0.1) is 11.4 Å². The molecule has 4 aromatic carbocycles. The van der Waals surface area contributed by atoms with Gasteiger partial charge in [0, 0.05) is 28.8 Å². The van der Waals surface area contributed by atoms with Crippen LogP contribution >= 0.6 is 0 Å². The molecule has 0 saturated heterocycles. The number of aryl methyl sites for hydroxylation is 1. The van der Waals surface area contributed by atoms with E-state index in [0.29, 0.717) is 17.4 Å². The van der Waals surface area contributed by atoms with Gasteiger partial charge in [-0.05, 0) is 80.1 Å². The summed E-state index contributed by atoms with van der Waals surface area (Å²) < 4.78 is 11.0. The zero-order valence-electron chi connectivity index (χ0n) is 35.3. The fourth-order valence-corrected chi connectivity index (χ4v) is 7.54. The Kier molecular flexibility index (Phi) is 11.4. The summed E-state index contributed by atoms with van der Waals surface area (Å²) in [7, 11) is 0. The smallest absolute Gasteiger partial charge is 0.509 e. The number of rotatable bonds is 8. The zero-order valence-corrected chi connectivity index (χ0v) is 36.9. The summed E-state index contributed by atoms with van der Waals surface area (Å²) in [5, 5.41) is 7.65. The van der Waals surface area contributed by atoms with Gasteiger partial charge in [0.1, 0.15) is 5.82 Å². The van der Waals surface area contributed by atoms with Crippen LogP contribution in [0.3, 0.4) is 0 Å². The maximum atomic E-state index is 6.67. The molecule has 0 unspecified atom stereocenters. The molecule has 7 rings (SSSR count). The molecule has 0 atom stereocenters. The first kappa shape index (κ1) is 41.1. The van der Waals surface area contributed by atoms with E-state index in [1.54, 1.807) is 0 Å². The van der Waals surface area contributed by atoms with Gasteiger partial charge in [-0.2, -0.15) is 16.7 Å². The average Bonchev–Trinajstić information content (AvgIpc) is 3.68. The number of nitrogens with zero attached hydrogens (tertiary/aromatic N) is 4. The molecule has 0 radical (unpaired) electrons. The van der Waals surface area contributed by atoms with Crippen LogP contribution in [0.25, 0.3) is 44.4 Å². The monoisotopic (exact) mass is 834 g/mol. The van der Waals surface area contributed by atoms with E-state index >= 15 is 0 Å². The Hall–Kier alpha value is -4.50. The van der Waals surface area contributed by atoms with Crippen molar-refractivity contribution in [2.75, 3.05) is 0 Å². The molecule has 0 N–H and O–H groups in total.